The lowest BCUT2D eigenvalue weighted by atomic mass is 10.1. The first-order valence-corrected chi connectivity index (χ1v) is 8.24. The van der Waals surface area contributed by atoms with Crippen LogP contribution in [-0.4, -0.2) is 30.9 Å². The minimum Gasteiger partial charge on any atom is -0.444 e. The number of carbonyl (C=O) groups is 2. The highest BCUT2D eigenvalue weighted by Crippen LogP contribution is 2.23. The number of esters is 1. The van der Waals surface area contributed by atoms with Crippen molar-refractivity contribution in [2.45, 2.75) is 6.10 Å². The molecule has 0 aliphatic heterocycles. The lowest BCUT2D eigenvalue weighted by Crippen LogP contribution is -2.30. The molecule has 6 heteroatoms. The van der Waals surface area contributed by atoms with E-state index in [2.05, 4.69) is 0 Å². The number of hydrogen-bond donors (Lipinski definition) is 0. The maximum Gasteiger partial charge on any atom is 0.331 e. The number of nitrogens with zero attached hydrogens (tertiary/aromatic N) is 1. The summed E-state index contributed by atoms with van der Waals surface area (Å²) in [6.45, 7) is 0. The molecule has 0 bridgehead atoms. The fourth-order valence-corrected chi connectivity index (χ4v) is 2.54. The summed E-state index contributed by atoms with van der Waals surface area (Å²) in [5, 5.41) is 0.922. The van der Waals surface area contributed by atoms with Crippen LogP contribution in [0, 0.1) is 0 Å². The monoisotopic (exact) mass is 377 g/mol. The molecule has 0 radical (unpaired) electrons. The zero-order valence-corrected chi connectivity index (χ0v) is 15.3. The minimum atomic E-state index is -1.01. The Bertz CT molecular complexity index is 789. The molecular weight excluding hydrogens is 361 g/mol. The number of rotatable bonds is 5. The summed E-state index contributed by atoms with van der Waals surface area (Å²) in [6, 6.07) is 13.8. The SMILES string of the molecule is CN(C)C(=O)C(OC(=O)/C=C/c1ccc(Cl)cc1Cl)c1ccccc1. The molecule has 0 saturated carbocycles. The molecule has 25 heavy (non-hydrogen) atoms. The van der Waals surface area contributed by atoms with Gasteiger partial charge in [-0.25, -0.2) is 4.79 Å². The molecule has 130 valence electrons. The topological polar surface area (TPSA) is 46.6 Å². The van der Waals surface area contributed by atoms with Gasteiger partial charge in [0.05, 0.1) is 0 Å². The average Bonchev–Trinajstić information content (AvgIpc) is 2.59. The van der Waals surface area contributed by atoms with Gasteiger partial charge in [-0.2, -0.15) is 0 Å². The van der Waals surface area contributed by atoms with Crippen LogP contribution in [0.4, 0.5) is 0 Å². The third-order valence-electron chi connectivity index (χ3n) is 3.36. The third-order valence-corrected chi connectivity index (χ3v) is 3.93. The van der Waals surface area contributed by atoms with Gasteiger partial charge in [-0.1, -0.05) is 59.6 Å². The van der Waals surface area contributed by atoms with Gasteiger partial charge in [-0.15, -0.1) is 0 Å². The lowest BCUT2D eigenvalue weighted by Gasteiger charge is -2.20. The molecule has 0 fully saturated rings. The van der Waals surface area contributed by atoms with Crippen molar-refractivity contribution in [3.63, 3.8) is 0 Å². The number of benzene rings is 2. The van der Waals surface area contributed by atoms with Crippen LogP contribution in [0.15, 0.2) is 54.6 Å². The fraction of sp³-hybridized carbons (Fsp3) is 0.158. The Morgan fingerprint density at radius 3 is 2.36 bits per heavy atom. The molecule has 2 rings (SSSR count). The van der Waals surface area contributed by atoms with Crippen LogP contribution in [0.25, 0.3) is 6.08 Å². The van der Waals surface area contributed by atoms with Crippen LogP contribution in [-0.2, 0) is 14.3 Å². The van der Waals surface area contributed by atoms with E-state index in [1.54, 1.807) is 56.6 Å². The Morgan fingerprint density at radius 2 is 1.76 bits per heavy atom. The van der Waals surface area contributed by atoms with Crippen molar-refractivity contribution < 1.29 is 14.3 Å². The second-order valence-corrected chi connectivity index (χ2v) is 6.30. The van der Waals surface area contributed by atoms with Crippen molar-refractivity contribution in [1.82, 2.24) is 4.90 Å². The zero-order chi connectivity index (χ0) is 18.4. The van der Waals surface area contributed by atoms with Gasteiger partial charge in [0, 0.05) is 35.8 Å². The molecular formula is C19H17Cl2NO3. The van der Waals surface area contributed by atoms with Crippen molar-refractivity contribution in [1.29, 1.82) is 0 Å². The summed E-state index contributed by atoms with van der Waals surface area (Å²) < 4.78 is 5.36. The molecule has 1 atom stereocenters. The van der Waals surface area contributed by atoms with Gasteiger partial charge in [0.15, 0.2) is 0 Å². The zero-order valence-electron chi connectivity index (χ0n) is 13.8. The molecule has 2 aromatic rings. The molecule has 0 aliphatic rings. The molecule has 1 amide bonds. The third kappa shape index (κ3) is 5.34. The highest BCUT2D eigenvalue weighted by Gasteiger charge is 2.25. The van der Waals surface area contributed by atoms with E-state index >= 15 is 0 Å². The number of amides is 1. The molecule has 0 heterocycles. The van der Waals surface area contributed by atoms with Crippen LogP contribution in [0.3, 0.4) is 0 Å². The summed E-state index contributed by atoms with van der Waals surface area (Å²) in [6.07, 6.45) is 1.74. The van der Waals surface area contributed by atoms with E-state index in [0.29, 0.717) is 21.2 Å². The number of ether oxygens (including phenoxy) is 1. The molecule has 2 aromatic carbocycles. The number of hydrogen-bond acceptors (Lipinski definition) is 3. The predicted molar refractivity (Wildman–Crippen MR) is 99.5 cm³/mol. The fourth-order valence-electron chi connectivity index (χ4n) is 2.07. The van der Waals surface area contributed by atoms with Crippen molar-refractivity contribution >= 4 is 41.2 Å². The Kier molecular flexibility index (Phi) is 6.62. The first-order chi connectivity index (χ1) is 11.9. The van der Waals surface area contributed by atoms with Crippen LogP contribution < -0.4 is 0 Å². The molecule has 4 nitrogen and oxygen atoms in total. The molecule has 1 unspecified atom stereocenters. The van der Waals surface area contributed by atoms with Gasteiger partial charge in [0.1, 0.15) is 0 Å². The highest BCUT2D eigenvalue weighted by atomic mass is 35.5. The van der Waals surface area contributed by atoms with Crippen molar-refractivity contribution in [3.05, 3.63) is 75.8 Å². The smallest absolute Gasteiger partial charge is 0.331 e. The summed E-state index contributed by atoms with van der Waals surface area (Å²) in [5.74, 6) is -0.965. The minimum absolute atomic E-state index is 0.322. The predicted octanol–water partition coefficient (Wildman–Crippen LogP) is 4.38. The first kappa shape index (κ1) is 19.0. The maximum atomic E-state index is 12.3. The van der Waals surface area contributed by atoms with E-state index in [9.17, 15) is 9.59 Å². The Balaban J connectivity index is 2.16. The summed E-state index contributed by atoms with van der Waals surface area (Å²) >= 11 is 11.9. The van der Waals surface area contributed by atoms with E-state index in [0.717, 1.165) is 0 Å². The quantitative estimate of drug-likeness (QED) is 0.573. The second-order valence-electron chi connectivity index (χ2n) is 5.46. The lowest BCUT2D eigenvalue weighted by molar-refractivity contribution is -0.155. The van der Waals surface area contributed by atoms with Gasteiger partial charge in [0.25, 0.3) is 5.91 Å². The highest BCUT2D eigenvalue weighted by molar-refractivity contribution is 6.35. The summed E-state index contributed by atoms with van der Waals surface area (Å²) in [5.41, 5.74) is 1.23. The van der Waals surface area contributed by atoms with Gasteiger partial charge in [-0.05, 0) is 23.8 Å². The maximum absolute atomic E-state index is 12.3. The number of likely N-dealkylation sites (N-methyl/N-ethyl adjacent to an activating group) is 1. The van der Waals surface area contributed by atoms with E-state index in [1.807, 2.05) is 6.07 Å². The van der Waals surface area contributed by atoms with Gasteiger partial charge in [0.2, 0.25) is 6.10 Å². The van der Waals surface area contributed by atoms with Crippen LogP contribution in [0.5, 0.6) is 0 Å². The van der Waals surface area contributed by atoms with Crippen molar-refractivity contribution in [2.75, 3.05) is 14.1 Å². The number of halogens is 2. The Morgan fingerprint density at radius 1 is 1.08 bits per heavy atom. The number of carbonyl (C=O) groups excluding carboxylic acids is 2. The molecule has 0 spiro atoms. The van der Waals surface area contributed by atoms with E-state index in [4.69, 9.17) is 27.9 Å². The average molecular weight is 378 g/mol. The van der Waals surface area contributed by atoms with E-state index in [-0.39, 0.29) is 5.91 Å². The Hall–Kier alpha value is -2.30. The molecule has 0 N–H and O–H groups in total. The van der Waals surface area contributed by atoms with Crippen LogP contribution >= 0.6 is 23.2 Å². The summed E-state index contributed by atoms with van der Waals surface area (Å²) in [4.78, 5) is 25.9. The molecule has 0 aliphatic carbocycles. The Labute approximate surface area is 156 Å². The summed E-state index contributed by atoms with van der Waals surface area (Å²) in [7, 11) is 3.21. The first-order valence-electron chi connectivity index (χ1n) is 7.48. The molecule has 0 saturated heterocycles. The van der Waals surface area contributed by atoms with Crippen LogP contribution in [0.1, 0.15) is 17.2 Å². The molecule has 0 aromatic heterocycles. The normalized spacial score (nSPS) is 12.0. The second kappa shape index (κ2) is 8.70. The van der Waals surface area contributed by atoms with Crippen molar-refractivity contribution in [3.8, 4) is 0 Å². The largest absolute Gasteiger partial charge is 0.444 e. The van der Waals surface area contributed by atoms with Gasteiger partial charge >= 0.3 is 5.97 Å². The van der Waals surface area contributed by atoms with Crippen molar-refractivity contribution in [2.24, 2.45) is 0 Å². The van der Waals surface area contributed by atoms with Gasteiger partial charge in [-0.3, -0.25) is 4.79 Å². The van der Waals surface area contributed by atoms with E-state index in [1.165, 1.54) is 17.1 Å². The van der Waals surface area contributed by atoms with E-state index < -0.39 is 12.1 Å². The standard InChI is InChI=1S/C19H17Cl2NO3/c1-22(2)19(24)18(14-6-4-3-5-7-14)25-17(23)11-9-13-8-10-15(20)12-16(13)21/h3-12,18H,1-2H3/b11-9+. The van der Waals surface area contributed by atoms with Crippen LogP contribution in [0.2, 0.25) is 10.0 Å². The van der Waals surface area contributed by atoms with Gasteiger partial charge < -0.3 is 9.64 Å².